The van der Waals surface area contributed by atoms with Gasteiger partial charge in [0.1, 0.15) is 0 Å². The Morgan fingerprint density at radius 2 is 1.95 bits per heavy atom. The van der Waals surface area contributed by atoms with Crippen LogP contribution in [0.4, 0.5) is 0 Å². The van der Waals surface area contributed by atoms with Crippen molar-refractivity contribution in [3.05, 3.63) is 39.9 Å². The molecule has 1 aliphatic carbocycles. The van der Waals surface area contributed by atoms with Crippen LogP contribution in [-0.2, 0) is 10.0 Å². The zero-order valence-electron chi connectivity index (χ0n) is 11.0. The van der Waals surface area contributed by atoms with Crippen LogP contribution in [0.3, 0.4) is 0 Å². The molecule has 6 heteroatoms. The summed E-state index contributed by atoms with van der Waals surface area (Å²) in [5.74, 6) is 0. The van der Waals surface area contributed by atoms with Gasteiger partial charge in [0, 0.05) is 6.54 Å². The van der Waals surface area contributed by atoms with Crippen LogP contribution >= 0.6 is 23.2 Å². The smallest absolute Gasteiger partial charge is 0.211 e. The minimum atomic E-state index is -3.52. The molecule has 0 heterocycles. The predicted molar refractivity (Wildman–Crippen MR) is 82.8 cm³/mol. The zero-order valence-corrected chi connectivity index (χ0v) is 13.4. The van der Waals surface area contributed by atoms with Gasteiger partial charge >= 0.3 is 0 Å². The highest BCUT2D eigenvalue weighted by Crippen LogP contribution is 2.25. The highest BCUT2D eigenvalue weighted by Gasteiger charge is 2.15. The van der Waals surface area contributed by atoms with Crippen LogP contribution in [0.1, 0.15) is 32.1 Å². The third kappa shape index (κ3) is 4.22. The molecule has 0 aliphatic heterocycles. The van der Waals surface area contributed by atoms with Crippen molar-refractivity contribution in [3.8, 4) is 0 Å². The number of hydrogen-bond donors (Lipinski definition) is 1. The summed E-state index contributed by atoms with van der Waals surface area (Å²) < 4.78 is 26.8. The molecule has 0 unspecified atom stereocenters. The van der Waals surface area contributed by atoms with Crippen LogP contribution in [0.2, 0.25) is 10.0 Å². The molecular weight excluding hydrogens is 317 g/mol. The standard InChI is InChI=1S/C14H17Cl2NO2S/c15-13-7-6-12(10-14(13)16)20(18,19)17-9-8-11-4-2-1-3-5-11/h4,6-7,10,17H,1-3,5,8-9H2. The van der Waals surface area contributed by atoms with Crippen molar-refractivity contribution in [1.82, 2.24) is 4.72 Å². The Balaban J connectivity index is 1.96. The summed E-state index contributed by atoms with van der Waals surface area (Å²) in [5, 5.41) is 0.586. The van der Waals surface area contributed by atoms with Gasteiger partial charge in [-0.05, 0) is 50.3 Å². The van der Waals surface area contributed by atoms with Gasteiger partial charge in [-0.2, -0.15) is 0 Å². The maximum Gasteiger partial charge on any atom is 0.240 e. The molecule has 0 fully saturated rings. The maximum absolute atomic E-state index is 12.1. The van der Waals surface area contributed by atoms with Crippen molar-refractivity contribution in [3.63, 3.8) is 0 Å². The summed E-state index contributed by atoms with van der Waals surface area (Å²) in [5.41, 5.74) is 1.34. The van der Waals surface area contributed by atoms with Gasteiger partial charge in [-0.25, -0.2) is 13.1 Å². The number of sulfonamides is 1. The van der Waals surface area contributed by atoms with Gasteiger partial charge in [0.05, 0.1) is 14.9 Å². The van der Waals surface area contributed by atoms with E-state index in [1.807, 2.05) is 0 Å². The van der Waals surface area contributed by atoms with E-state index in [0.29, 0.717) is 11.6 Å². The second kappa shape index (κ2) is 6.94. The molecule has 0 atom stereocenters. The average molecular weight is 334 g/mol. The van der Waals surface area contributed by atoms with E-state index in [4.69, 9.17) is 23.2 Å². The van der Waals surface area contributed by atoms with Crippen molar-refractivity contribution < 1.29 is 8.42 Å². The molecule has 1 aromatic rings. The van der Waals surface area contributed by atoms with E-state index in [2.05, 4.69) is 10.8 Å². The maximum atomic E-state index is 12.1. The highest BCUT2D eigenvalue weighted by molar-refractivity contribution is 7.89. The zero-order chi connectivity index (χ0) is 14.6. The van der Waals surface area contributed by atoms with Gasteiger partial charge in [-0.1, -0.05) is 34.9 Å². The SMILES string of the molecule is O=S(=O)(NCCC1=CCCCC1)c1ccc(Cl)c(Cl)c1. The van der Waals surface area contributed by atoms with Crippen LogP contribution in [0.15, 0.2) is 34.7 Å². The van der Waals surface area contributed by atoms with Crippen LogP contribution in [0.5, 0.6) is 0 Å². The molecule has 0 bridgehead atoms. The van der Waals surface area contributed by atoms with Gasteiger partial charge in [-0.15, -0.1) is 0 Å². The number of benzene rings is 1. The fraction of sp³-hybridized carbons (Fsp3) is 0.429. The van der Waals surface area contributed by atoms with E-state index < -0.39 is 10.0 Å². The summed E-state index contributed by atoms with van der Waals surface area (Å²) >= 11 is 11.6. The predicted octanol–water partition coefficient (Wildman–Crippen LogP) is 4.16. The van der Waals surface area contributed by atoms with Crippen LogP contribution in [-0.4, -0.2) is 15.0 Å². The van der Waals surface area contributed by atoms with Gasteiger partial charge in [-0.3, -0.25) is 0 Å². The highest BCUT2D eigenvalue weighted by atomic mass is 35.5. The largest absolute Gasteiger partial charge is 0.240 e. The van der Waals surface area contributed by atoms with Crippen LogP contribution in [0, 0.1) is 0 Å². The lowest BCUT2D eigenvalue weighted by atomic mass is 9.97. The quantitative estimate of drug-likeness (QED) is 0.822. The molecule has 0 aromatic heterocycles. The first-order valence-corrected chi connectivity index (χ1v) is 8.85. The molecule has 1 aliphatic rings. The summed E-state index contributed by atoms with van der Waals surface area (Å²) in [7, 11) is -3.52. The first kappa shape index (κ1) is 15.8. The summed E-state index contributed by atoms with van der Waals surface area (Å²) in [6.07, 6.45) is 7.60. The third-order valence-corrected chi connectivity index (χ3v) is 5.52. The van der Waals surface area contributed by atoms with Gasteiger partial charge in [0.2, 0.25) is 10.0 Å². The first-order chi connectivity index (χ1) is 9.49. The molecule has 0 amide bonds. The molecule has 20 heavy (non-hydrogen) atoms. The molecule has 0 saturated carbocycles. The van der Waals surface area contributed by atoms with Crippen molar-refractivity contribution in [2.24, 2.45) is 0 Å². The van der Waals surface area contributed by atoms with E-state index >= 15 is 0 Å². The molecule has 0 radical (unpaired) electrons. The van der Waals surface area contributed by atoms with E-state index in [-0.39, 0.29) is 9.92 Å². The molecule has 0 spiro atoms. The second-order valence-electron chi connectivity index (χ2n) is 4.83. The number of rotatable bonds is 5. The molecule has 0 saturated heterocycles. The lowest BCUT2D eigenvalue weighted by Crippen LogP contribution is -2.25. The lowest BCUT2D eigenvalue weighted by Gasteiger charge is -2.13. The van der Waals surface area contributed by atoms with E-state index in [1.54, 1.807) is 0 Å². The fourth-order valence-electron chi connectivity index (χ4n) is 2.21. The number of nitrogens with one attached hydrogen (secondary N) is 1. The Hall–Kier alpha value is -0.550. The van der Waals surface area contributed by atoms with Crippen LogP contribution < -0.4 is 4.72 Å². The molecule has 1 N–H and O–H groups in total. The monoisotopic (exact) mass is 333 g/mol. The molecule has 110 valence electrons. The Bertz CT molecular complexity index is 612. The third-order valence-electron chi connectivity index (χ3n) is 3.32. The molecule has 2 rings (SSSR count). The first-order valence-electron chi connectivity index (χ1n) is 6.62. The minimum absolute atomic E-state index is 0.143. The van der Waals surface area contributed by atoms with E-state index in [0.717, 1.165) is 19.3 Å². The van der Waals surface area contributed by atoms with Crippen molar-refractivity contribution in [1.29, 1.82) is 0 Å². The summed E-state index contributed by atoms with van der Waals surface area (Å²) in [6, 6.07) is 4.31. The Morgan fingerprint density at radius 1 is 1.15 bits per heavy atom. The molecular formula is C14H17Cl2NO2S. The molecule has 1 aromatic carbocycles. The van der Waals surface area contributed by atoms with E-state index in [1.165, 1.54) is 36.6 Å². The van der Waals surface area contributed by atoms with E-state index in [9.17, 15) is 8.42 Å². The van der Waals surface area contributed by atoms with Crippen molar-refractivity contribution in [2.45, 2.75) is 37.0 Å². The van der Waals surface area contributed by atoms with Gasteiger partial charge in [0.25, 0.3) is 0 Å². The van der Waals surface area contributed by atoms with Crippen molar-refractivity contribution in [2.75, 3.05) is 6.54 Å². The van der Waals surface area contributed by atoms with Crippen molar-refractivity contribution >= 4 is 33.2 Å². The second-order valence-corrected chi connectivity index (χ2v) is 7.41. The number of hydrogen-bond acceptors (Lipinski definition) is 2. The Kier molecular flexibility index (Phi) is 5.49. The summed E-state index contributed by atoms with van der Waals surface area (Å²) in [4.78, 5) is 0.143. The molecule has 3 nitrogen and oxygen atoms in total. The topological polar surface area (TPSA) is 46.2 Å². The fourth-order valence-corrected chi connectivity index (χ4v) is 3.63. The minimum Gasteiger partial charge on any atom is -0.211 e. The van der Waals surface area contributed by atoms with Gasteiger partial charge in [0.15, 0.2) is 0 Å². The normalized spacial score (nSPS) is 16.0. The Labute approximate surface area is 130 Å². The Morgan fingerprint density at radius 3 is 2.60 bits per heavy atom. The van der Waals surface area contributed by atoms with Crippen LogP contribution in [0.25, 0.3) is 0 Å². The number of halogens is 2. The number of allylic oxidation sites excluding steroid dienone is 1. The average Bonchev–Trinajstić information content (AvgIpc) is 2.43. The van der Waals surface area contributed by atoms with Gasteiger partial charge < -0.3 is 0 Å². The lowest BCUT2D eigenvalue weighted by molar-refractivity contribution is 0.579. The summed E-state index contributed by atoms with van der Waals surface area (Å²) in [6.45, 7) is 0.411.